The maximum Gasteiger partial charge on any atom is 0.310 e. The van der Waals surface area contributed by atoms with Crippen LogP contribution in [0.3, 0.4) is 0 Å². The topological polar surface area (TPSA) is 63.5 Å². The Hall–Kier alpha value is -3.05. The molecule has 5 nitrogen and oxygen atoms in total. The fraction of sp³-hybridized carbons (Fsp3) is 0.370. The highest BCUT2D eigenvalue weighted by Gasteiger charge is 2.24. The van der Waals surface area contributed by atoms with Gasteiger partial charge in [0, 0.05) is 24.7 Å². The molecular weight excluding hydrogens is 400 g/mol. The molecular formula is C27H36N2O3. The van der Waals surface area contributed by atoms with Gasteiger partial charge in [0.1, 0.15) is 0 Å². The van der Waals surface area contributed by atoms with Crippen LogP contribution in [0.15, 0.2) is 49.7 Å². The summed E-state index contributed by atoms with van der Waals surface area (Å²) in [5.41, 5.74) is 7.56. The quantitative estimate of drug-likeness (QED) is 0.412. The molecule has 172 valence electrons. The number of carbonyl (C=O) groups excluding carboxylic acids is 1. The number of methoxy groups -OCH3 is 1. The minimum atomic E-state index is -0.500. The number of nitrogens with zero attached hydrogens (tertiary/aromatic N) is 1. The number of benzene rings is 2. The van der Waals surface area contributed by atoms with E-state index in [1.54, 1.807) is 20.8 Å². The molecule has 0 fully saturated rings. The van der Waals surface area contributed by atoms with Crippen molar-refractivity contribution in [3.63, 3.8) is 0 Å². The Bertz CT molecular complexity index is 1070. The van der Waals surface area contributed by atoms with Crippen LogP contribution in [0.5, 0.6) is 0 Å². The van der Waals surface area contributed by atoms with Crippen molar-refractivity contribution >= 4 is 22.6 Å². The Morgan fingerprint density at radius 3 is 2.31 bits per heavy atom. The van der Waals surface area contributed by atoms with E-state index in [1.807, 2.05) is 0 Å². The molecule has 2 aromatic carbocycles. The van der Waals surface area contributed by atoms with Crippen LogP contribution >= 0.6 is 0 Å². The molecule has 2 heterocycles. The summed E-state index contributed by atoms with van der Waals surface area (Å²) in [6.07, 6.45) is 2.43. The molecule has 4 rings (SSSR count). The van der Waals surface area contributed by atoms with Crippen LogP contribution in [0.25, 0.3) is 22.0 Å². The van der Waals surface area contributed by atoms with Crippen molar-refractivity contribution < 1.29 is 14.6 Å². The van der Waals surface area contributed by atoms with Crippen molar-refractivity contribution in [2.45, 2.75) is 53.2 Å². The third-order valence-corrected chi connectivity index (χ3v) is 5.14. The molecule has 0 radical (unpaired) electrons. The van der Waals surface area contributed by atoms with E-state index in [-0.39, 0.29) is 12.4 Å². The third kappa shape index (κ3) is 5.80. The van der Waals surface area contributed by atoms with Crippen molar-refractivity contribution in [3.05, 3.63) is 66.4 Å². The van der Waals surface area contributed by atoms with Crippen LogP contribution in [0, 0.1) is 13.8 Å². The van der Waals surface area contributed by atoms with Crippen molar-refractivity contribution in [2.75, 3.05) is 19.0 Å². The lowest BCUT2D eigenvalue weighted by molar-refractivity contribution is -0.139. The van der Waals surface area contributed by atoms with Gasteiger partial charge in [0.25, 0.3) is 0 Å². The molecule has 5 heteroatoms. The van der Waals surface area contributed by atoms with Gasteiger partial charge in [0.05, 0.1) is 30.3 Å². The fourth-order valence-electron chi connectivity index (χ4n) is 3.82. The second kappa shape index (κ2) is 10.5. The third-order valence-electron chi connectivity index (χ3n) is 5.14. The predicted molar refractivity (Wildman–Crippen MR) is 134 cm³/mol. The molecule has 0 amide bonds. The van der Waals surface area contributed by atoms with Gasteiger partial charge in [-0.2, -0.15) is 0 Å². The molecule has 1 aliphatic rings. The molecule has 0 saturated carbocycles. The average molecular weight is 437 g/mol. The SMILES string of the molecule is C=C.CC(C)(C)O.COC(=O)Cc1c(C)c2c3c(ccn3CCN2)c1-c1ccc(C)cc1. The van der Waals surface area contributed by atoms with Gasteiger partial charge in [0.15, 0.2) is 0 Å². The number of rotatable bonds is 3. The highest BCUT2D eigenvalue weighted by Crippen LogP contribution is 2.42. The number of carbonyl (C=O) groups is 1. The number of nitrogens with one attached hydrogen (secondary N) is 1. The smallest absolute Gasteiger partial charge is 0.310 e. The number of ether oxygens (including phenoxy) is 1. The second-order valence-corrected chi connectivity index (χ2v) is 8.84. The molecule has 1 aromatic heterocycles. The van der Waals surface area contributed by atoms with Crippen molar-refractivity contribution in [2.24, 2.45) is 0 Å². The van der Waals surface area contributed by atoms with Crippen LogP contribution in [0.2, 0.25) is 0 Å². The molecule has 0 spiro atoms. The molecule has 1 aliphatic heterocycles. The summed E-state index contributed by atoms with van der Waals surface area (Å²) in [4.78, 5) is 12.1. The lowest BCUT2D eigenvalue weighted by Crippen LogP contribution is -2.18. The first-order valence-electron chi connectivity index (χ1n) is 10.8. The van der Waals surface area contributed by atoms with Gasteiger partial charge < -0.3 is 19.7 Å². The molecule has 0 aliphatic carbocycles. The highest BCUT2D eigenvalue weighted by atomic mass is 16.5. The van der Waals surface area contributed by atoms with Gasteiger partial charge in [-0.3, -0.25) is 4.79 Å². The van der Waals surface area contributed by atoms with E-state index < -0.39 is 5.60 Å². The summed E-state index contributed by atoms with van der Waals surface area (Å²) in [5.74, 6) is -0.210. The number of anilines is 1. The van der Waals surface area contributed by atoms with Crippen LogP contribution in [0.4, 0.5) is 5.69 Å². The van der Waals surface area contributed by atoms with E-state index >= 15 is 0 Å². The van der Waals surface area contributed by atoms with Gasteiger partial charge in [-0.05, 0) is 62.9 Å². The van der Waals surface area contributed by atoms with E-state index in [1.165, 1.54) is 23.6 Å². The van der Waals surface area contributed by atoms with E-state index in [4.69, 9.17) is 9.84 Å². The summed E-state index contributed by atoms with van der Waals surface area (Å²) in [7, 11) is 1.44. The van der Waals surface area contributed by atoms with Crippen LogP contribution < -0.4 is 5.32 Å². The van der Waals surface area contributed by atoms with Crippen LogP contribution in [-0.2, 0) is 22.5 Å². The predicted octanol–water partition coefficient (Wildman–Crippen LogP) is 5.65. The van der Waals surface area contributed by atoms with E-state index in [2.05, 4.69) is 73.4 Å². The Kier molecular flexibility index (Phi) is 8.28. The zero-order chi connectivity index (χ0) is 24.1. The van der Waals surface area contributed by atoms with E-state index in [0.717, 1.165) is 41.0 Å². The van der Waals surface area contributed by atoms with Crippen molar-refractivity contribution in [1.29, 1.82) is 0 Å². The summed E-state index contributed by atoms with van der Waals surface area (Å²) >= 11 is 0. The normalized spacial score (nSPS) is 12.1. The van der Waals surface area contributed by atoms with Gasteiger partial charge in [-0.15, -0.1) is 13.2 Å². The minimum absolute atomic E-state index is 0.210. The lowest BCUT2D eigenvalue weighted by Gasteiger charge is -2.24. The molecule has 0 saturated heterocycles. The highest BCUT2D eigenvalue weighted by molar-refractivity contribution is 6.06. The van der Waals surface area contributed by atoms with Gasteiger partial charge >= 0.3 is 5.97 Å². The summed E-state index contributed by atoms with van der Waals surface area (Å²) in [6.45, 7) is 17.3. The van der Waals surface area contributed by atoms with Gasteiger partial charge in [0.2, 0.25) is 0 Å². The molecule has 3 aromatic rings. The average Bonchev–Trinajstić information content (AvgIpc) is 3.18. The number of aryl methyl sites for hydroxylation is 1. The van der Waals surface area contributed by atoms with E-state index in [9.17, 15) is 4.79 Å². The van der Waals surface area contributed by atoms with Crippen LogP contribution in [0.1, 0.15) is 37.5 Å². The van der Waals surface area contributed by atoms with Crippen molar-refractivity contribution in [3.8, 4) is 11.1 Å². The van der Waals surface area contributed by atoms with Crippen LogP contribution in [-0.4, -0.2) is 34.9 Å². The maximum atomic E-state index is 12.1. The first-order valence-corrected chi connectivity index (χ1v) is 10.8. The maximum absolute atomic E-state index is 12.1. The van der Waals surface area contributed by atoms with E-state index in [0.29, 0.717) is 0 Å². The lowest BCUT2D eigenvalue weighted by atomic mass is 9.89. The largest absolute Gasteiger partial charge is 0.469 e. The monoisotopic (exact) mass is 436 g/mol. The molecule has 32 heavy (non-hydrogen) atoms. The summed E-state index contributed by atoms with van der Waals surface area (Å²) in [6, 6.07) is 10.7. The summed E-state index contributed by atoms with van der Waals surface area (Å²) < 4.78 is 7.26. The Labute approximate surface area is 191 Å². The van der Waals surface area contributed by atoms with Crippen molar-refractivity contribution in [1.82, 2.24) is 4.57 Å². The Morgan fingerprint density at radius 2 is 1.75 bits per heavy atom. The van der Waals surface area contributed by atoms with Gasteiger partial charge in [-0.1, -0.05) is 29.8 Å². The fourth-order valence-corrected chi connectivity index (χ4v) is 3.82. The standard InChI is InChI=1S/C21H22N2O2.C4H10O.C2H4/c1-13-4-6-15(7-5-13)19-16-8-10-23-11-9-22-20(21(16)23)14(2)17(19)12-18(24)25-3;1-4(2,3)5;1-2/h4-8,10,22H,9,11-12H2,1-3H3;5H,1-3H3;1-2H2. The van der Waals surface area contributed by atoms with Gasteiger partial charge in [-0.25, -0.2) is 0 Å². The first-order chi connectivity index (χ1) is 15.1. The molecule has 2 N–H and O–H groups in total. The summed E-state index contributed by atoms with van der Waals surface area (Å²) in [5, 5.41) is 13.2. The Morgan fingerprint density at radius 1 is 1.16 bits per heavy atom. The molecule has 0 bridgehead atoms. The number of aromatic nitrogens is 1. The zero-order valence-electron chi connectivity index (χ0n) is 20.2. The zero-order valence-corrected chi connectivity index (χ0v) is 20.2. The molecule has 0 atom stereocenters. The number of hydrogen-bond donors (Lipinski definition) is 2. The number of hydrogen-bond acceptors (Lipinski definition) is 4. The minimum Gasteiger partial charge on any atom is -0.469 e. The first kappa shape index (κ1) is 25.2. The second-order valence-electron chi connectivity index (χ2n) is 8.84. The Balaban J connectivity index is 0.000000460. The number of esters is 1. The molecule has 0 unspecified atom stereocenters. The number of aliphatic hydroxyl groups is 1.